The molecule has 1 N–H and O–H groups in total. The summed E-state index contributed by atoms with van der Waals surface area (Å²) in [4.78, 5) is 14.5. The Labute approximate surface area is 108 Å². The first-order valence-corrected chi connectivity index (χ1v) is 6.92. The topological polar surface area (TPSA) is 32.3 Å². The average molecular weight is 244 g/mol. The van der Waals surface area contributed by atoms with Gasteiger partial charge in [0.2, 0.25) is 0 Å². The lowest BCUT2D eigenvalue weighted by Crippen LogP contribution is -2.44. The normalized spacial score (nSPS) is 29.2. The summed E-state index contributed by atoms with van der Waals surface area (Å²) in [5, 5.41) is 3.33. The second-order valence-corrected chi connectivity index (χ2v) is 5.29. The van der Waals surface area contributed by atoms with Crippen LogP contribution < -0.4 is 5.32 Å². The molecule has 18 heavy (non-hydrogen) atoms. The zero-order valence-corrected chi connectivity index (χ0v) is 10.9. The van der Waals surface area contributed by atoms with Crippen molar-refractivity contribution >= 4 is 5.91 Å². The van der Waals surface area contributed by atoms with Gasteiger partial charge in [-0.25, -0.2) is 0 Å². The molecule has 1 fully saturated rings. The van der Waals surface area contributed by atoms with Crippen LogP contribution in [0, 0.1) is 5.92 Å². The quantitative estimate of drug-likeness (QED) is 0.762. The van der Waals surface area contributed by atoms with Gasteiger partial charge in [0.15, 0.2) is 0 Å². The summed E-state index contributed by atoms with van der Waals surface area (Å²) in [5.41, 5.74) is 2.23. The van der Waals surface area contributed by atoms with Gasteiger partial charge in [-0.1, -0.05) is 25.2 Å². The third kappa shape index (κ3) is 1.83. The molecule has 3 heteroatoms. The van der Waals surface area contributed by atoms with Gasteiger partial charge in [-0.2, -0.15) is 0 Å². The van der Waals surface area contributed by atoms with E-state index in [0.717, 1.165) is 31.5 Å². The fraction of sp³-hybridized carbons (Fsp3) is 0.533. The molecule has 2 heterocycles. The molecule has 0 aromatic rings. The molecule has 2 atom stereocenters. The van der Waals surface area contributed by atoms with Crippen LogP contribution in [-0.4, -0.2) is 36.5 Å². The van der Waals surface area contributed by atoms with Crippen molar-refractivity contribution in [2.75, 3.05) is 19.6 Å². The van der Waals surface area contributed by atoms with E-state index in [1.54, 1.807) is 0 Å². The number of hydrogen-bond acceptors (Lipinski definition) is 2. The lowest BCUT2D eigenvalue weighted by Gasteiger charge is -2.34. The third-order valence-corrected chi connectivity index (χ3v) is 4.05. The van der Waals surface area contributed by atoms with Crippen LogP contribution in [0.1, 0.15) is 19.8 Å². The van der Waals surface area contributed by atoms with Gasteiger partial charge in [0.1, 0.15) is 0 Å². The Morgan fingerprint density at radius 2 is 2.39 bits per heavy atom. The second-order valence-electron chi connectivity index (χ2n) is 5.29. The standard InChI is InChI=1S/C15H20N2O/c1-2-7-16-10-13-9-12-5-3-4-11-6-8-17(14(11)12)15(13)18/h3-5,9,11,14,16H,2,6-8,10H2,1H3. The van der Waals surface area contributed by atoms with E-state index in [0.29, 0.717) is 18.5 Å². The largest absolute Gasteiger partial charge is 0.331 e. The molecule has 0 aromatic heterocycles. The zero-order chi connectivity index (χ0) is 12.5. The van der Waals surface area contributed by atoms with Gasteiger partial charge in [0, 0.05) is 24.6 Å². The predicted molar refractivity (Wildman–Crippen MR) is 72.1 cm³/mol. The summed E-state index contributed by atoms with van der Waals surface area (Å²) in [6, 6.07) is 0.317. The first kappa shape index (κ1) is 11.7. The van der Waals surface area contributed by atoms with Crippen molar-refractivity contribution in [2.45, 2.75) is 25.8 Å². The molecular formula is C15H20N2O. The average Bonchev–Trinajstić information content (AvgIpc) is 2.81. The number of allylic oxidation sites excluding steroid dienone is 2. The summed E-state index contributed by atoms with van der Waals surface area (Å²) in [5.74, 6) is 0.772. The highest BCUT2D eigenvalue weighted by atomic mass is 16.2. The van der Waals surface area contributed by atoms with Crippen LogP contribution in [-0.2, 0) is 4.79 Å². The fourth-order valence-electron chi connectivity index (χ4n) is 3.19. The molecule has 2 unspecified atom stereocenters. The second kappa shape index (κ2) is 4.73. The van der Waals surface area contributed by atoms with Gasteiger partial charge in [0.25, 0.3) is 5.91 Å². The Hall–Kier alpha value is -1.35. The molecule has 0 aromatic carbocycles. The monoisotopic (exact) mass is 244 g/mol. The summed E-state index contributed by atoms with van der Waals surface area (Å²) in [7, 11) is 0. The van der Waals surface area contributed by atoms with E-state index in [1.807, 2.05) is 0 Å². The van der Waals surface area contributed by atoms with E-state index in [4.69, 9.17) is 0 Å². The Bertz CT molecular complexity index is 447. The van der Waals surface area contributed by atoms with Gasteiger partial charge in [-0.15, -0.1) is 0 Å². The minimum atomic E-state index is 0.235. The number of hydrogen-bond donors (Lipinski definition) is 1. The van der Waals surface area contributed by atoms with E-state index in [2.05, 4.69) is 41.4 Å². The van der Waals surface area contributed by atoms with Crippen LogP contribution >= 0.6 is 0 Å². The van der Waals surface area contributed by atoms with Gasteiger partial charge >= 0.3 is 0 Å². The van der Waals surface area contributed by atoms with Crippen LogP contribution in [0.15, 0.2) is 35.5 Å². The van der Waals surface area contributed by atoms with Crippen molar-refractivity contribution in [2.24, 2.45) is 5.92 Å². The summed E-state index contributed by atoms with van der Waals surface area (Å²) in [6.07, 6.45) is 10.9. The first-order chi connectivity index (χ1) is 8.81. The van der Waals surface area contributed by atoms with E-state index < -0.39 is 0 Å². The van der Waals surface area contributed by atoms with Crippen molar-refractivity contribution in [3.05, 3.63) is 35.5 Å². The molecule has 0 saturated carbocycles. The van der Waals surface area contributed by atoms with Crippen LogP contribution in [0.3, 0.4) is 0 Å². The summed E-state index contributed by atoms with van der Waals surface area (Å²) < 4.78 is 0. The third-order valence-electron chi connectivity index (χ3n) is 4.05. The van der Waals surface area contributed by atoms with E-state index in [1.165, 1.54) is 5.57 Å². The molecule has 1 amide bonds. The van der Waals surface area contributed by atoms with E-state index >= 15 is 0 Å². The number of amides is 1. The molecule has 2 aliphatic heterocycles. The van der Waals surface area contributed by atoms with Crippen LogP contribution in [0.5, 0.6) is 0 Å². The van der Waals surface area contributed by atoms with E-state index in [-0.39, 0.29) is 5.91 Å². The minimum Gasteiger partial charge on any atom is -0.331 e. The molecule has 1 aliphatic carbocycles. The molecule has 96 valence electrons. The molecule has 3 nitrogen and oxygen atoms in total. The van der Waals surface area contributed by atoms with Crippen molar-refractivity contribution in [3.63, 3.8) is 0 Å². The lowest BCUT2D eigenvalue weighted by atomic mass is 9.86. The van der Waals surface area contributed by atoms with E-state index in [9.17, 15) is 4.79 Å². The van der Waals surface area contributed by atoms with Gasteiger partial charge in [-0.05, 0) is 31.0 Å². The van der Waals surface area contributed by atoms with Crippen molar-refractivity contribution in [1.82, 2.24) is 10.2 Å². The number of rotatable bonds is 4. The Balaban J connectivity index is 1.83. The van der Waals surface area contributed by atoms with Crippen LogP contribution in [0.4, 0.5) is 0 Å². The minimum absolute atomic E-state index is 0.235. The number of nitrogens with one attached hydrogen (secondary N) is 1. The van der Waals surface area contributed by atoms with Gasteiger partial charge in [0.05, 0.1) is 6.04 Å². The maximum absolute atomic E-state index is 12.4. The number of carbonyl (C=O) groups excluding carboxylic acids is 1. The van der Waals surface area contributed by atoms with Gasteiger partial charge in [-0.3, -0.25) is 4.79 Å². The Morgan fingerprint density at radius 3 is 3.22 bits per heavy atom. The molecule has 0 spiro atoms. The molecular weight excluding hydrogens is 224 g/mol. The summed E-state index contributed by atoms with van der Waals surface area (Å²) in [6.45, 7) is 4.71. The lowest BCUT2D eigenvalue weighted by molar-refractivity contribution is -0.128. The highest BCUT2D eigenvalue weighted by Crippen LogP contribution is 2.37. The fourth-order valence-corrected chi connectivity index (χ4v) is 3.19. The Kier molecular flexibility index (Phi) is 3.08. The van der Waals surface area contributed by atoms with Gasteiger partial charge < -0.3 is 10.2 Å². The first-order valence-electron chi connectivity index (χ1n) is 6.92. The maximum atomic E-state index is 12.4. The summed E-state index contributed by atoms with van der Waals surface area (Å²) >= 11 is 0. The highest BCUT2D eigenvalue weighted by Gasteiger charge is 2.41. The van der Waals surface area contributed by atoms with Crippen LogP contribution in [0.2, 0.25) is 0 Å². The van der Waals surface area contributed by atoms with Crippen molar-refractivity contribution in [3.8, 4) is 0 Å². The molecule has 3 aliphatic rings. The molecule has 3 rings (SSSR count). The highest BCUT2D eigenvalue weighted by molar-refractivity contribution is 5.97. The Morgan fingerprint density at radius 1 is 1.50 bits per heavy atom. The molecule has 1 saturated heterocycles. The smallest absolute Gasteiger partial charge is 0.251 e. The molecule has 0 bridgehead atoms. The SMILES string of the molecule is CCCNCC1=CC2=CC=CC3CCN(C1=O)C23. The maximum Gasteiger partial charge on any atom is 0.251 e. The van der Waals surface area contributed by atoms with Crippen molar-refractivity contribution in [1.29, 1.82) is 0 Å². The zero-order valence-electron chi connectivity index (χ0n) is 10.9. The predicted octanol–water partition coefficient (Wildman–Crippen LogP) is 1.64. The number of nitrogens with zero attached hydrogens (tertiary/aromatic N) is 1. The molecule has 0 radical (unpaired) electrons. The van der Waals surface area contributed by atoms with Crippen LogP contribution in [0.25, 0.3) is 0 Å². The van der Waals surface area contributed by atoms with Crippen molar-refractivity contribution < 1.29 is 4.79 Å². The number of carbonyl (C=O) groups is 1.